The molecule has 0 bridgehead atoms. The van der Waals surface area contributed by atoms with Crippen LogP contribution in [0.1, 0.15) is 18.9 Å². The number of benzene rings is 1. The van der Waals surface area contributed by atoms with Gasteiger partial charge in [0.2, 0.25) is 0 Å². The molecular formula is C13H17ClF3NOS. The SMILES string of the molecule is CCCNCc1cc(Cl)ccc1OCCSC(F)(F)F. The molecular weight excluding hydrogens is 311 g/mol. The monoisotopic (exact) mass is 327 g/mol. The van der Waals surface area contributed by atoms with Crippen LogP contribution in [0.15, 0.2) is 18.2 Å². The Morgan fingerprint density at radius 3 is 2.75 bits per heavy atom. The molecule has 0 aliphatic carbocycles. The lowest BCUT2D eigenvalue weighted by atomic mass is 10.2. The highest BCUT2D eigenvalue weighted by molar-refractivity contribution is 8.00. The predicted octanol–water partition coefficient (Wildman–Crippen LogP) is 4.47. The van der Waals surface area contributed by atoms with E-state index in [1.165, 1.54) is 0 Å². The highest BCUT2D eigenvalue weighted by Gasteiger charge is 2.27. The van der Waals surface area contributed by atoms with Crippen LogP contribution in [0.25, 0.3) is 0 Å². The molecule has 0 aliphatic heterocycles. The Kier molecular flexibility index (Phi) is 7.55. The van der Waals surface area contributed by atoms with Gasteiger partial charge in [-0.2, -0.15) is 13.2 Å². The molecule has 20 heavy (non-hydrogen) atoms. The molecule has 1 N–H and O–H groups in total. The fourth-order valence-electron chi connectivity index (χ4n) is 1.54. The van der Waals surface area contributed by atoms with Gasteiger partial charge in [0.25, 0.3) is 0 Å². The van der Waals surface area contributed by atoms with Crippen LogP contribution in [0.4, 0.5) is 13.2 Å². The second kappa shape index (κ2) is 8.64. The van der Waals surface area contributed by atoms with E-state index in [2.05, 4.69) is 12.2 Å². The van der Waals surface area contributed by atoms with E-state index in [1.54, 1.807) is 18.2 Å². The number of hydrogen-bond acceptors (Lipinski definition) is 3. The van der Waals surface area contributed by atoms with Gasteiger partial charge < -0.3 is 10.1 Å². The minimum absolute atomic E-state index is 0.00653. The van der Waals surface area contributed by atoms with Gasteiger partial charge in [-0.3, -0.25) is 0 Å². The molecule has 0 heterocycles. The summed E-state index contributed by atoms with van der Waals surface area (Å²) in [5.74, 6) is 0.439. The molecule has 7 heteroatoms. The zero-order valence-corrected chi connectivity index (χ0v) is 12.7. The normalized spacial score (nSPS) is 11.7. The van der Waals surface area contributed by atoms with E-state index in [1.807, 2.05) is 0 Å². The van der Waals surface area contributed by atoms with Crippen molar-refractivity contribution < 1.29 is 17.9 Å². The topological polar surface area (TPSA) is 21.3 Å². The van der Waals surface area contributed by atoms with Crippen molar-refractivity contribution >= 4 is 23.4 Å². The van der Waals surface area contributed by atoms with Gasteiger partial charge in [0.1, 0.15) is 5.75 Å². The van der Waals surface area contributed by atoms with Crippen LogP contribution in [0.3, 0.4) is 0 Å². The van der Waals surface area contributed by atoms with Gasteiger partial charge in [-0.15, -0.1) is 0 Å². The first-order chi connectivity index (χ1) is 9.42. The third-order valence-electron chi connectivity index (χ3n) is 2.37. The number of nitrogens with one attached hydrogen (secondary N) is 1. The van der Waals surface area contributed by atoms with Crippen LogP contribution < -0.4 is 10.1 Å². The highest BCUT2D eigenvalue weighted by atomic mass is 35.5. The van der Waals surface area contributed by atoms with Crippen LogP contribution >= 0.6 is 23.4 Å². The first-order valence-electron chi connectivity index (χ1n) is 6.25. The zero-order chi connectivity index (χ0) is 15.0. The Morgan fingerprint density at radius 1 is 1.35 bits per heavy atom. The summed E-state index contributed by atoms with van der Waals surface area (Å²) < 4.78 is 41.4. The molecule has 0 spiro atoms. The van der Waals surface area contributed by atoms with E-state index >= 15 is 0 Å². The molecule has 114 valence electrons. The number of alkyl halides is 3. The Labute approximate surface area is 126 Å². The Hall–Kier alpha value is -0.590. The van der Waals surface area contributed by atoms with E-state index < -0.39 is 5.51 Å². The van der Waals surface area contributed by atoms with Crippen molar-refractivity contribution in [1.29, 1.82) is 0 Å². The highest BCUT2D eigenvalue weighted by Crippen LogP contribution is 2.30. The number of halogens is 4. The first-order valence-corrected chi connectivity index (χ1v) is 7.61. The zero-order valence-electron chi connectivity index (χ0n) is 11.1. The van der Waals surface area contributed by atoms with Crippen LogP contribution in [-0.4, -0.2) is 24.4 Å². The Morgan fingerprint density at radius 2 is 2.10 bits per heavy atom. The third kappa shape index (κ3) is 7.26. The van der Waals surface area contributed by atoms with Crippen molar-refractivity contribution in [3.63, 3.8) is 0 Å². The smallest absolute Gasteiger partial charge is 0.441 e. The van der Waals surface area contributed by atoms with Gasteiger partial charge in [0.15, 0.2) is 0 Å². The van der Waals surface area contributed by atoms with Crippen LogP contribution in [0, 0.1) is 0 Å². The van der Waals surface area contributed by atoms with Crippen molar-refractivity contribution in [3.8, 4) is 5.75 Å². The van der Waals surface area contributed by atoms with Crippen molar-refractivity contribution in [2.75, 3.05) is 18.9 Å². The van der Waals surface area contributed by atoms with Crippen molar-refractivity contribution in [3.05, 3.63) is 28.8 Å². The van der Waals surface area contributed by atoms with Gasteiger partial charge in [-0.25, -0.2) is 0 Å². The molecule has 0 saturated heterocycles. The van der Waals surface area contributed by atoms with Gasteiger partial charge in [0, 0.05) is 22.9 Å². The molecule has 0 unspecified atom stereocenters. The molecule has 0 fully saturated rings. The third-order valence-corrected chi connectivity index (χ3v) is 3.30. The van der Waals surface area contributed by atoms with Gasteiger partial charge in [0.05, 0.1) is 6.61 Å². The largest absolute Gasteiger partial charge is 0.492 e. The number of rotatable bonds is 8. The van der Waals surface area contributed by atoms with E-state index in [0.29, 0.717) is 17.3 Å². The standard InChI is InChI=1S/C13H17ClF3NOS/c1-2-5-18-9-10-8-11(14)3-4-12(10)19-6-7-20-13(15,16)17/h3-4,8,18H,2,5-7,9H2,1H3. The molecule has 0 aromatic heterocycles. The van der Waals surface area contributed by atoms with E-state index in [0.717, 1.165) is 18.5 Å². The molecule has 1 aromatic carbocycles. The maximum Gasteiger partial charge on any atom is 0.441 e. The summed E-state index contributed by atoms with van der Waals surface area (Å²) >= 11 is 5.83. The second-order valence-electron chi connectivity index (χ2n) is 4.07. The predicted molar refractivity (Wildman–Crippen MR) is 77.5 cm³/mol. The lowest BCUT2D eigenvalue weighted by Gasteiger charge is -2.13. The number of ether oxygens (including phenoxy) is 1. The minimum atomic E-state index is -4.21. The van der Waals surface area contributed by atoms with Gasteiger partial charge in [-0.1, -0.05) is 18.5 Å². The van der Waals surface area contributed by atoms with Crippen LogP contribution in [0.5, 0.6) is 5.75 Å². The fourth-order valence-corrected chi connectivity index (χ4v) is 2.13. The Balaban J connectivity index is 2.51. The van der Waals surface area contributed by atoms with E-state index in [9.17, 15) is 13.2 Å². The average molecular weight is 328 g/mol. The fraction of sp³-hybridized carbons (Fsp3) is 0.538. The lowest BCUT2D eigenvalue weighted by Crippen LogP contribution is -2.15. The summed E-state index contributed by atoms with van der Waals surface area (Å²) in [6, 6.07) is 5.11. The minimum Gasteiger partial charge on any atom is -0.492 e. The van der Waals surface area contributed by atoms with Crippen molar-refractivity contribution in [1.82, 2.24) is 5.32 Å². The molecule has 0 amide bonds. The molecule has 0 atom stereocenters. The molecule has 2 nitrogen and oxygen atoms in total. The van der Waals surface area contributed by atoms with Gasteiger partial charge >= 0.3 is 5.51 Å². The quantitative estimate of drug-likeness (QED) is 0.712. The van der Waals surface area contributed by atoms with Crippen LogP contribution in [0.2, 0.25) is 5.02 Å². The lowest BCUT2D eigenvalue weighted by molar-refractivity contribution is -0.0329. The summed E-state index contributed by atoms with van der Waals surface area (Å²) in [6.07, 6.45) is 0.999. The first kappa shape index (κ1) is 17.5. The van der Waals surface area contributed by atoms with Crippen molar-refractivity contribution in [2.24, 2.45) is 0 Å². The van der Waals surface area contributed by atoms with Gasteiger partial charge in [-0.05, 0) is 42.9 Å². The molecule has 0 radical (unpaired) electrons. The van der Waals surface area contributed by atoms with E-state index in [4.69, 9.17) is 16.3 Å². The van der Waals surface area contributed by atoms with Crippen LogP contribution in [-0.2, 0) is 6.54 Å². The molecule has 0 aliphatic rings. The van der Waals surface area contributed by atoms with Crippen molar-refractivity contribution in [2.45, 2.75) is 25.4 Å². The molecule has 1 rings (SSSR count). The summed E-state index contributed by atoms with van der Waals surface area (Å²) in [5, 5.41) is 3.79. The number of hydrogen-bond donors (Lipinski definition) is 1. The molecule has 0 saturated carbocycles. The second-order valence-corrected chi connectivity index (χ2v) is 5.67. The summed E-state index contributed by atoms with van der Waals surface area (Å²) in [5.41, 5.74) is -3.36. The average Bonchev–Trinajstić information content (AvgIpc) is 2.36. The molecule has 1 aromatic rings. The maximum absolute atomic E-state index is 12.0. The summed E-state index contributed by atoms with van der Waals surface area (Å²) in [6.45, 7) is 3.50. The maximum atomic E-state index is 12.0. The Bertz CT molecular complexity index is 415. The number of thioether (sulfide) groups is 1. The van der Waals surface area contributed by atoms with E-state index in [-0.39, 0.29) is 24.1 Å². The summed E-state index contributed by atoms with van der Waals surface area (Å²) in [4.78, 5) is 0. The summed E-state index contributed by atoms with van der Waals surface area (Å²) in [7, 11) is 0.